The Morgan fingerprint density at radius 2 is 1.61 bits per heavy atom. The molecule has 2 heteroatoms. The largest absolute Gasteiger partial charge is 0.361 e. The summed E-state index contributed by atoms with van der Waals surface area (Å²) >= 11 is 0. The van der Waals surface area contributed by atoms with Gasteiger partial charge >= 0.3 is 0 Å². The van der Waals surface area contributed by atoms with Crippen molar-refractivity contribution in [1.29, 1.82) is 0 Å². The topological polar surface area (TPSA) is 12.5 Å². The Morgan fingerprint density at radius 3 is 2.22 bits per heavy atom. The molecule has 0 N–H and O–H groups in total. The first-order valence-corrected chi connectivity index (χ1v) is 7.03. The number of piperidine rings is 1. The summed E-state index contributed by atoms with van der Waals surface area (Å²) in [4.78, 5) is 2.41. The summed E-state index contributed by atoms with van der Waals surface area (Å²) in [5, 5.41) is 0. The second-order valence-electron chi connectivity index (χ2n) is 5.51. The minimum absolute atomic E-state index is 0.735. The van der Waals surface area contributed by atoms with Crippen molar-refractivity contribution in [1.82, 2.24) is 4.90 Å². The molecule has 1 saturated heterocycles. The highest BCUT2D eigenvalue weighted by molar-refractivity contribution is 5.36. The smallest absolute Gasteiger partial charge is 0.0994 e. The molecule has 1 fully saturated rings. The summed E-state index contributed by atoms with van der Waals surface area (Å²) in [5.41, 5.74) is 5.43. The van der Waals surface area contributed by atoms with E-state index < -0.39 is 0 Å². The Morgan fingerprint density at radius 1 is 1.00 bits per heavy atom. The molecule has 0 aromatic heterocycles. The lowest BCUT2D eigenvalue weighted by molar-refractivity contribution is 0.00972. The molecule has 0 atom stereocenters. The van der Waals surface area contributed by atoms with E-state index in [0.29, 0.717) is 0 Å². The summed E-state index contributed by atoms with van der Waals surface area (Å²) in [7, 11) is 0. The van der Waals surface area contributed by atoms with Crippen LogP contribution >= 0.6 is 0 Å². The van der Waals surface area contributed by atoms with Gasteiger partial charge in [0.1, 0.15) is 0 Å². The van der Waals surface area contributed by atoms with E-state index in [-0.39, 0.29) is 0 Å². The number of hydrogen-bond donors (Lipinski definition) is 0. The minimum atomic E-state index is 0.735. The molecule has 2 rings (SSSR count). The van der Waals surface area contributed by atoms with E-state index in [1.54, 1.807) is 0 Å². The van der Waals surface area contributed by atoms with Crippen LogP contribution < -0.4 is 0 Å². The van der Waals surface area contributed by atoms with Gasteiger partial charge < -0.3 is 4.74 Å². The van der Waals surface area contributed by atoms with Gasteiger partial charge in [0.2, 0.25) is 0 Å². The van der Waals surface area contributed by atoms with Gasteiger partial charge in [-0.3, -0.25) is 4.90 Å². The van der Waals surface area contributed by atoms with Crippen LogP contribution in [0.5, 0.6) is 0 Å². The summed E-state index contributed by atoms with van der Waals surface area (Å²) in [6, 6.07) is 4.50. The summed E-state index contributed by atoms with van der Waals surface area (Å²) < 4.78 is 5.83. The van der Waals surface area contributed by atoms with Gasteiger partial charge in [-0.2, -0.15) is 0 Å². The second kappa shape index (κ2) is 6.35. The van der Waals surface area contributed by atoms with E-state index in [2.05, 4.69) is 37.8 Å². The number of aryl methyl sites for hydroxylation is 2. The predicted molar refractivity (Wildman–Crippen MR) is 75.7 cm³/mol. The van der Waals surface area contributed by atoms with Gasteiger partial charge in [-0.25, -0.2) is 0 Å². The highest BCUT2D eigenvalue weighted by atomic mass is 16.5. The summed E-state index contributed by atoms with van der Waals surface area (Å²) in [5.74, 6) is 0. The minimum Gasteiger partial charge on any atom is -0.361 e. The van der Waals surface area contributed by atoms with Crippen LogP contribution in [-0.4, -0.2) is 24.7 Å². The zero-order valence-electron chi connectivity index (χ0n) is 12.0. The molecule has 100 valence electrons. The molecule has 2 nitrogen and oxygen atoms in total. The Hall–Kier alpha value is -0.860. The fourth-order valence-corrected chi connectivity index (χ4v) is 2.59. The van der Waals surface area contributed by atoms with Crippen LogP contribution in [0.3, 0.4) is 0 Å². The quantitative estimate of drug-likeness (QED) is 0.806. The van der Waals surface area contributed by atoms with Crippen LogP contribution in [-0.2, 0) is 11.3 Å². The SMILES string of the molecule is Cc1cc(COCN2CCCCC2)cc(C)c1C. The maximum Gasteiger partial charge on any atom is 0.0994 e. The molecule has 0 aliphatic carbocycles. The Bertz CT molecular complexity index is 371. The molecule has 0 unspecified atom stereocenters. The normalized spacial score (nSPS) is 17.1. The molecule has 0 spiro atoms. The van der Waals surface area contributed by atoms with Gasteiger partial charge in [0.25, 0.3) is 0 Å². The third kappa shape index (κ3) is 3.56. The number of rotatable bonds is 4. The van der Waals surface area contributed by atoms with Gasteiger partial charge in [-0.1, -0.05) is 18.6 Å². The first-order chi connectivity index (χ1) is 8.66. The van der Waals surface area contributed by atoms with E-state index in [1.165, 1.54) is 54.6 Å². The van der Waals surface area contributed by atoms with Gasteiger partial charge in [-0.05, 0) is 55.9 Å². The van der Waals surface area contributed by atoms with Crippen molar-refractivity contribution in [3.05, 3.63) is 34.4 Å². The lowest BCUT2D eigenvalue weighted by Crippen LogP contribution is -2.31. The molecule has 0 bridgehead atoms. The molecule has 0 saturated carbocycles. The van der Waals surface area contributed by atoms with Crippen molar-refractivity contribution in [2.24, 2.45) is 0 Å². The monoisotopic (exact) mass is 247 g/mol. The van der Waals surface area contributed by atoms with Crippen LogP contribution in [0.2, 0.25) is 0 Å². The molecule has 18 heavy (non-hydrogen) atoms. The lowest BCUT2D eigenvalue weighted by Gasteiger charge is -2.26. The molecule has 1 aromatic carbocycles. The van der Waals surface area contributed by atoms with Crippen LogP contribution in [0.25, 0.3) is 0 Å². The summed E-state index contributed by atoms with van der Waals surface area (Å²) in [6.07, 6.45) is 4.03. The highest BCUT2D eigenvalue weighted by Crippen LogP contribution is 2.16. The predicted octanol–water partition coefficient (Wildman–Crippen LogP) is 3.57. The van der Waals surface area contributed by atoms with E-state index in [4.69, 9.17) is 4.74 Å². The molecule has 1 heterocycles. The number of hydrogen-bond acceptors (Lipinski definition) is 2. The highest BCUT2D eigenvalue weighted by Gasteiger charge is 2.09. The standard InChI is InChI=1S/C16H25NO/c1-13-9-16(10-14(2)15(13)3)11-18-12-17-7-5-4-6-8-17/h9-10H,4-8,11-12H2,1-3H3. The van der Waals surface area contributed by atoms with Crippen molar-refractivity contribution in [2.75, 3.05) is 19.8 Å². The molecule has 1 aromatic rings. The molecule has 0 amide bonds. The van der Waals surface area contributed by atoms with Crippen molar-refractivity contribution >= 4 is 0 Å². The van der Waals surface area contributed by atoms with Crippen LogP contribution in [0.4, 0.5) is 0 Å². The zero-order valence-corrected chi connectivity index (χ0v) is 12.0. The maximum atomic E-state index is 5.83. The van der Waals surface area contributed by atoms with Gasteiger partial charge in [0, 0.05) is 13.1 Å². The Labute approximate surface area is 111 Å². The first kappa shape index (κ1) is 13.6. The number of benzene rings is 1. The van der Waals surface area contributed by atoms with E-state index in [1.807, 2.05) is 0 Å². The van der Waals surface area contributed by atoms with Gasteiger partial charge in [0.15, 0.2) is 0 Å². The molecule has 0 radical (unpaired) electrons. The average molecular weight is 247 g/mol. The lowest BCUT2D eigenvalue weighted by atomic mass is 10.0. The molecule has 1 aliphatic rings. The average Bonchev–Trinajstić information content (AvgIpc) is 2.37. The van der Waals surface area contributed by atoms with Crippen LogP contribution in [0.1, 0.15) is 41.5 Å². The van der Waals surface area contributed by atoms with Crippen LogP contribution in [0.15, 0.2) is 12.1 Å². The second-order valence-corrected chi connectivity index (χ2v) is 5.51. The van der Waals surface area contributed by atoms with E-state index in [0.717, 1.165) is 13.3 Å². The van der Waals surface area contributed by atoms with Crippen molar-refractivity contribution < 1.29 is 4.74 Å². The van der Waals surface area contributed by atoms with Gasteiger partial charge in [-0.15, -0.1) is 0 Å². The third-order valence-electron chi connectivity index (χ3n) is 3.98. The number of likely N-dealkylation sites (tertiary alicyclic amines) is 1. The first-order valence-electron chi connectivity index (χ1n) is 7.03. The fourth-order valence-electron chi connectivity index (χ4n) is 2.59. The van der Waals surface area contributed by atoms with Crippen molar-refractivity contribution in [3.63, 3.8) is 0 Å². The van der Waals surface area contributed by atoms with Crippen LogP contribution in [0, 0.1) is 20.8 Å². The molecule has 1 aliphatic heterocycles. The molecular weight excluding hydrogens is 222 g/mol. The summed E-state index contributed by atoms with van der Waals surface area (Å²) in [6.45, 7) is 10.5. The van der Waals surface area contributed by atoms with Crippen molar-refractivity contribution in [3.8, 4) is 0 Å². The Balaban J connectivity index is 1.82. The number of nitrogens with zero attached hydrogens (tertiary/aromatic N) is 1. The fraction of sp³-hybridized carbons (Fsp3) is 0.625. The van der Waals surface area contributed by atoms with E-state index >= 15 is 0 Å². The number of ether oxygens (including phenoxy) is 1. The maximum absolute atomic E-state index is 5.83. The Kier molecular flexibility index (Phi) is 4.79. The van der Waals surface area contributed by atoms with E-state index in [9.17, 15) is 0 Å². The molecular formula is C16H25NO. The zero-order chi connectivity index (χ0) is 13.0. The van der Waals surface area contributed by atoms with Crippen molar-refractivity contribution in [2.45, 2.75) is 46.6 Å². The van der Waals surface area contributed by atoms with Gasteiger partial charge in [0.05, 0.1) is 13.3 Å². The third-order valence-corrected chi connectivity index (χ3v) is 3.98.